The number of rotatable bonds is 4. The SMILES string of the molecule is O=C(CN1CCN(C(=O)Cn2nnc3ccccc32)CC1)N1CCCCCC1. The molecule has 150 valence electrons. The van der Waals surface area contributed by atoms with Gasteiger partial charge in [-0.2, -0.15) is 0 Å². The Hall–Kier alpha value is -2.48. The normalized spacial score (nSPS) is 19.0. The molecule has 2 saturated heterocycles. The number of fused-ring (bicyclic) bond motifs is 1. The zero-order valence-electron chi connectivity index (χ0n) is 16.3. The number of piperazine rings is 1. The summed E-state index contributed by atoms with van der Waals surface area (Å²) < 4.78 is 1.66. The molecule has 2 amide bonds. The van der Waals surface area contributed by atoms with Crippen molar-refractivity contribution in [2.75, 3.05) is 45.8 Å². The van der Waals surface area contributed by atoms with E-state index in [-0.39, 0.29) is 18.4 Å². The third-order valence-corrected chi connectivity index (χ3v) is 5.75. The average molecular weight is 384 g/mol. The lowest BCUT2D eigenvalue weighted by atomic mass is 10.2. The maximum Gasteiger partial charge on any atom is 0.244 e. The molecule has 4 rings (SSSR count). The molecular weight excluding hydrogens is 356 g/mol. The van der Waals surface area contributed by atoms with Crippen LogP contribution in [0.4, 0.5) is 0 Å². The summed E-state index contributed by atoms with van der Waals surface area (Å²) >= 11 is 0. The minimum Gasteiger partial charge on any atom is -0.342 e. The lowest BCUT2D eigenvalue weighted by Crippen LogP contribution is -2.52. The highest BCUT2D eigenvalue weighted by molar-refractivity contribution is 5.80. The Labute approximate surface area is 165 Å². The number of carbonyl (C=O) groups is 2. The molecule has 0 saturated carbocycles. The van der Waals surface area contributed by atoms with Crippen molar-refractivity contribution < 1.29 is 9.59 Å². The van der Waals surface area contributed by atoms with E-state index < -0.39 is 0 Å². The molecule has 0 radical (unpaired) electrons. The largest absolute Gasteiger partial charge is 0.342 e. The fourth-order valence-electron chi connectivity index (χ4n) is 4.03. The number of aromatic nitrogens is 3. The van der Waals surface area contributed by atoms with Crippen molar-refractivity contribution in [2.24, 2.45) is 0 Å². The van der Waals surface area contributed by atoms with E-state index >= 15 is 0 Å². The van der Waals surface area contributed by atoms with Gasteiger partial charge in [-0.25, -0.2) is 4.68 Å². The quantitative estimate of drug-likeness (QED) is 0.786. The van der Waals surface area contributed by atoms with E-state index in [0.29, 0.717) is 19.6 Å². The third-order valence-electron chi connectivity index (χ3n) is 5.75. The summed E-state index contributed by atoms with van der Waals surface area (Å²) in [6.07, 6.45) is 4.69. The summed E-state index contributed by atoms with van der Waals surface area (Å²) in [5.41, 5.74) is 1.67. The van der Waals surface area contributed by atoms with Crippen LogP contribution in [0.5, 0.6) is 0 Å². The molecule has 0 aliphatic carbocycles. The number of likely N-dealkylation sites (tertiary alicyclic amines) is 1. The molecule has 8 nitrogen and oxygen atoms in total. The van der Waals surface area contributed by atoms with Gasteiger partial charge in [-0.1, -0.05) is 30.2 Å². The van der Waals surface area contributed by atoms with Crippen LogP contribution in [-0.2, 0) is 16.1 Å². The summed E-state index contributed by atoms with van der Waals surface area (Å²) in [5, 5.41) is 8.21. The van der Waals surface area contributed by atoms with E-state index in [9.17, 15) is 9.59 Å². The van der Waals surface area contributed by atoms with Gasteiger partial charge < -0.3 is 9.80 Å². The van der Waals surface area contributed by atoms with Gasteiger partial charge in [0.25, 0.3) is 0 Å². The van der Waals surface area contributed by atoms with Crippen LogP contribution in [0.15, 0.2) is 24.3 Å². The predicted molar refractivity (Wildman–Crippen MR) is 106 cm³/mol. The van der Waals surface area contributed by atoms with Crippen molar-refractivity contribution in [2.45, 2.75) is 32.2 Å². The molecule has 2 aromatic rings. The Morgan fingerprint density at radius 2 is 1.43 bits per heavy atom. The molecule has 3 heterocycles. The monoisotopic (exact) mass is 384 g/mol. The summed E-state index contributed by atoms with van der Waals surface area (Å²) in [6.45, 7) is 5.24. The molecule has 0 atom stereocenters. The van der Waals surface area contributed by atoms with Crippen LogP contribution >= 0.6 is 0 Å². The van der Waals surface area contributed by atoms with Gasteiger partial charge in [0.2, 0.25) is 11.8 Å². The summed E-state index contributed by atoms with van der Waals surface area (Å²) in [4.78, 5) is 31.3. The molecule has 0 N–H and O–H groups in total. The Morgan fingerprint density at radius 1 is 0.786 bits per heavy atom. The first-order valence-corrected chi connectivity index (χ1v) is 10.3. The van der Waals surface area contributed by atoms with Crippen molar-refractivity contribution in [1.82, 2.24) is 29.7 Å². The lowest BCUT2D eigenvalue weighted by molar-refractivity contribution is -0.135. The average Bonchev–Trinajstić information content (AvgIpc) is 2.93. The molecule has 2 fully saturated rings. The second-order valence-electron chi connectivity index (χ2n) is 7.69. The van der Waals surface area contributed by atoms with Gasteiger partial charge in [-0.05, 0) is 25.0 Å². The number of nitrogens with zero attached hydrogens (tertiary/aromatic N) is 6. The Bertz CT molecular complexity index is 819. The van der Waals surface area contributed by atoms with Gasteiger partial charge in [-0.15, -0.1) is 5.10 Å². The first kappa shape index (κ1) is 18.9. The fraction of sp³-hybridized carbons (Fsp3) is 0.600. The van der Waals surface area contributed by atoms with E-state index in [2.05, 4.69) is 15.2 Å². The molecular formula is C20H28N6O2. The van der Waals surface area contributed by atoms with Crippen LogP contribution in [0.2, 0.25) is 0 Å². The first-order valence-electron chi connectivity index (χ1n) is 10.3. The maximum atomic E-state index is 12.7. The van der Waals surface area contributed by atoms with Crippen LogP contribution in [0.3, 0.4) is 0 Å². The number of benzene rings is 1. The Morgan fingerprint density at radius 3 is 2.18 bits per heavy atom. The van der Waals surface area contributed by atoms with Gasteiger partial charge >= 0.3 is 0 Å². The van der Waals surface area contributed by atoms with E-state index in [1.807, 2.05) is 34.1 Å². The Kier molecular flexibility index (Phi) is 5.85. The van der Waals surface area contributed by atoms with Gasteiger partial charge in [0.15, 0.2) is 0 Å². The van der Waals surface area contributed by atoms with Crippen molar-refractivity contribution >= 4 is 22.8 Å². The van der Waals surface area contributed by atoms with E-state index in [4.69, 9.17) is 0 Å². The fourth-order valence-corrected chi connectivity index (χ4v) is 4.03. The molecule has 8 heteroatoms. The molecule has 2 aliphatic heterocycles. The van der Waals surface area contributed by atoms with E-state index in [1.54, 1.807) is 4.68 Å². The standard InChI is InChI=1S/C20H28N6O2/c27-19(24-9-5-1-2-6-10-24)15-23-11-13-25(14-12-23)20(28)16-26-18-8-4-3-7-17(18)21-22-26/h3-4,7-8H,1-2,5-6,9-16H2. The van der Waals surface area contributed by atoms with Crippen LogP contribution in [0, 0.1) is 0 Å². The molecule has 28 heavy (non-hydrogen) atoms. The van der Waals surface area contributed by atoms with Crippen LogP contribution < -0.4 is 0 Å². The molecule has 0 bridgehead atoms. The minimum absolute atomic E-state index is 0.0501. The van der Waals surface area contributed by atoms with Crippen LogP contribution in [-0.4, -0.2) is 87.3 Å². The van der Waals surface area contributed by atoms with E-state index in [1.165, 1.54) is 12.8 Å². The van der Waals surface area contributed by atoms with Gasteiger partial charge in [-0.3, -0.25) is 14.5 Å². The second kappa shape index (κ2) is 8.68. The zero-order chi connectivity index (χ0) is 19.3. The van der Waals surface area contributed by atoms with Gasteiger partial charge in [0, 0.05) is 39.3 Å². The second-order valence-corrected chi connectivity index (χ2v) is 7.69. The van der Waals surface area contributed by atoms with Crippen molar-refractivity contribution in [3.8, 4) is 0 Å². The minimum atomic E-state index is 0.0501. The van der Waals surface area contributed by atoms with E-state index in [0.717, 1.165) is 50.1 Å². The topological polar surface area (TPSA) is 74.6 Å². The highest BCUT2D eigenvalue weighted by Crippen LogP contribution is 2.12. The van der Waals surface area contributed by atoms with Crippen molar-refractivity contribution in [3.63, 3.8) is 0 Å². The predicted octanol–water partition coefficient (Wildman–Crippen LogP) is 0.978. The lowest BCUT2D eigenvalue weighted by Gasteiger charge is -2.35. The smallest absolute Gasteiger partial charge is 0.244 e. The van der Waals surface area contributed by atoms with Gasteiger partial charge in [0.05, 0.1) is 12.1 Å². The van der Waals surface area contributed by atoms with Gasteiger partial charge in [0.1, 0.15) is 12.1 Å². The highest BCUT2D eigenvalue weighted by Gasteiger charge is 2.25. The molecule has 1 aromatic heterocycles. The summed E-state index contributed by atoms with van der Waals surface area (Å²) in [7, 11) is 0. The Balaban J connectivity index is 1.26. The maximum absolute atomic E-state index is 12.7. The summed E-state index contributed by atoms with van der Waals surface area (Å²) in [5.74, 6) is 0.282. The van der Waals surface area contributed by atoms with Crippen molar-refractivity contribution in [1.29, 1.82) is 0 Å². The van der Waals surface area contributed by atoms with Crippen molar-refractivity contribution in [3.05, 3.63) is 24.3 Å². The highest BCUT2D eigenvalue weighted by atomic mass is 16.2. The first-order chi connectivity index (χ1) is 13.7. The number of para-hydroxylation sites is 1. The van der Waals surface area contributed by atoms with Crippen LogP contribution in [0.25, 0.3) is 11.0 Å². The number of hydrogen-bond acceptors (Lipinski definition) is 5. The summed E-state index contributed by atoms with van der Waals surface area (Å²) in [6, 6.07) is 7.65. The van der Waals surface area contributed by atoms with Crippen LogP contribution in [0.1, 0.15) is 25.7 Å². The molecule has 0 unspecified atom stereocenters. The molecule has 0 spiro atoms. The molecule has 1 aromatic carbocycles. The molecule has 2 aliphatic rings. The number of carbonyl (C=O) groups excluding carboxylic acids is 2. The zero-order valence-corrected chi connectivity index (χ0v) is 16.3. The number of hydrogen-bond donors (Lipinski definition) is 0. The third kappa shape index (κ3) is 4.32. The number of amides is 2.